The molecule has 0 bridgehead atoms. The molecule has 106 valence electrons. The lowest BCUT2D eigenvalue weighted by Gasteiger charge is -2.31. The maximum Gasteiger partial charge on any atom is 0.255 e. The predicted molar refractivity (Wildman–Crippen MR) is 76.1 cm³/mol. The summed E-state index contributed by atoms with van der Waals surface area (Å²) in [6.07, 6.45) is 5.23. The Kier molecular flexibility index (Phi) is 5.10. The molecular weight excluding hydrogens is 254 g/mol. The number of aromatic nitrogens is 1. The van der Waals surface area contributed by atoms with Crippen molar-refractivity contribution in [3.8, 4) is 11.8 Å². The summed E-state index contributed by atoms with van der Waals surface area (Å²) in [6, 6.07) is 1.76. The summed E-state index contributed by atoms with van der Waals surface area (Å²) in [5, 5.41) is 0. The summed E-state index contributed by atoms with van der Waals surface area (Å²) < 4.78 is 5.31. The van der Waals surface area contributed by atoms with E-state index in [9.17, 15) is 4.79 Å². The summed E-state index contributed by atoms with van der Waals surface area (Å²) in [4.78, 5) is 18.3. The van der Waals surface area contributed by atoms with E-state index in [1.807, 2.05) is 4.90 Å². The third-order valence-electron chi connectivity index (χ3n) is 3.38. The van der Waals surface area contributed by atoms with Crippen LogP contribution < -0.4 is 5.73 Å². The minimum absolute atomic E-state index is 0.00320. The van der Waals surface area contributed by atoms with E-state index in [2.05, 4.69) is 16.8 Å². The number of hydrogen-bond donors (Lipinski definition) is 1. The number of carbonyl (C=O) groups is 1. The monoisotopic (exact) mass is 273 g/mol. The molecule has 0 atom stereocenters. The number of likely N-dealkylation sites (tertiary alicyclic amines) is 1. The topological polar surface area (TPSA) is 68.5 Å². The van der Waals surface area contributed by atoms with Crippen molar-refractivity contribution in [3.63, 3.8) is 0 Å². The van der Waals surface area contributed by atoms with E-state index < -0.39 is 0 Å². The first-order valence-electron chi connectivity index (χ1n) is 6.70. The van der Waals surface area contributed by atoms with Crippen LogP contribution in [0, 0.1) is 11.8 Å². The molecule has 5 heteroatoms. The van der Waals surface area contributed by atoms with Crippen molar-refractivity contribution in [3.05, 3.63) is 29.6 Å². The van der Waals surface area contributed by atoms with E-state index in [-0.39, 0.29) is 12.0 Å². The highest BCUT2D eigenvalue weighted by atomic mass is 16.5. The summed E-state index contributed by atoms with van der Waals surface area (Å²) >= 11 is 0. The zero-order valence-electron chi connectivity index (χ0n) is 11.6. The number of amides is 1. The summed E-state index contributed by atoms with van der Waals surface area (Å²) in [6.45, 7) is 1.73. The standard InChI is InChI=1S/C15H19N3O2/c1-20-14-4-7-18(8-5-14)15(19)13-9-12(3-2-6-16)10-17-11-13/h9-11,14H,4-8,16H2,1H3. The molecule has 2 N–H and O–H groups in total. The van der Waals surface area contributed by atoms with Gasteiger partial charge in [0.1, 0.15) is 0 Å². The van der Waals surface area contributed by atoms with Crippen molar-refractivity contribution >= 4 is 5.91 Å². The van der Waals surface area contributed by atoms with Gasteiger partial charge in [-0.05, 0) is 18.9 Å². The van der Waals surface area contributed by atoms with Gasteiger partial charge in [-0.1, -0.05) is 11.8 Å². The number of nitrogens with two attached hydrogens (primary N) is 1. The fourth-order valence-corrected chi connectivity index (χ4v) is 2.26. The first-order valence-corrected chi connectivity index (χ1v) is 6.70. The van der Waals surface area contributed by atoms with Gasteiger partial charge in [-0.25, -0.2) is 0 Å². The number of pyridine rings is 1. The largest absolute Gasteiger partial charge is 0.381 e. The third-order valence-corrected chi connectivity index (χ3v) is 3.38. The van der Waals surface area contributed by atoms with Gasteiger partial charge in [0, 0.05) is 38.2 Å². The van der Waals surface area contributed by atoms with Gasteiger partial charge < -0.3 is 15.4 Å². The van der Waals surface area contributed by atoms with Crippen LogP contribution in [-0.4, -0.2) is 48.6 Å². The number of methoxy groups -OCH3 is 1. The zero-order chi connectivity index (χ0) is 14.4. The average Bonchev–Trinajstić information content (AvgIpc) is 2.52. The maximum absolute atomic E-state index is 12.4. The van der Waals surface area contributed by atoms with Crippen molar-refractivity contribution < 1.29 is 9.53 Å². The molecule has 0 unspecified atom stereocenters. The van der Waals surface area contributed by atoms with E-state index in [4.69, 9.17) is 10.5 Å². The highest BCUT2D eigenvalue weighted by Crippen LogP contribution is 2.15. The average molecular weight is 273 g/mol. The molecule has 0 radical (unpaired) electrons. The van der Waals surface area contributed by atoms with Crippen molar-refractivity contribution in [1.82, 2.24) is 9.88 Å². The summed E-state index contributed by atoms with van der Waals surface area (Å²) in [5.41, 5.74) is 6.63. The SMILES string of the molecule is COC1CCN(C(=O)c2cncc(C#CCN)c2)CC1. The zero-order valence-corrected chi connectivity index (χ0v) is 11.6. The number of rotatable bonds is 2. The number of piperidine rings is 1. The molecule has 0 aromatic carbocycles. The van der Waals surface area contributed by atoms with Crippen LogP contribution >= 0.6 is 0 Å². The van der Waals surface area contributed by atoms with Gasteiger partial charge in [-0.3, -0.25) is 9.78 Å². The molecule has 1 aliphatic rings. The smallest absolute Gasteiger partial charge is 0.255 e. The van der Waals surface area contributed by atoms with Gasteiger partial charge in [0.15, 0.2) is 0 Å². The molecule has 1 aromatic heterocycles. The van der Waals surface area contributed by atoms with Crippen LogP contribution in [0.15, 0.2) is 18.5 Å². The van der Waals surface area contributed by atoms with Crippen LogP contribution in [0.2, 0.25) is 0 Å². The quantitative estimate of drug-likeness (QED) is 0.803. The van der Waals surface area contributed by atoms with Crippen molar-refractivity contribution in [2.45, 2.75) is 18.9 Å². The number of carbonyl (C=O) groups excluding carboxylic acids is 1. The fraction of sp³-hybridized carbons (Fsp3) is 0.467. The molecule has 20 heavy (non-hydrogen) atoms. The van der Waals surface area contributed by atoms with Crippen LogP contribution in [0.5, 0.6) is 0 Å². The Morgan fingerprint density at radius 2 is 2.25 bits per heavy atom. The summed E-state index contributed by atoms with van der Waals surface area (Å²) in [7, 11) is 1.71. The van der Waals surface area contributed by atoms with Gasteiger partial charge in [0.25, 0.3) is 5.91 Å². The molecule has 2 rings (SSSR count). The van der Waals surface area contributed by atoms with E-state index in [1.165, 1.54) is 0 Å². The van der Waals surface area contributed by atoms with Gasteiger partial charge in [0.05, 0.1) is 18.2 Å². The van der Waals surface area contributed by atoms with E-state index >= 15 is 0 Å². The Morgan fingerprint density at radius 3 is 2.90 bits per heavy atom. The Hall–Kier alpha value is -1.90. The van der Waals surface area contributed by atoms with Gasteiger partial charge in [-0.2, -0.15) is 0 Å². The van der Waals surface area contributed by atoms with Crippen LogP contribution in [0.4, 0.5) is 0 Å². The van der Waals surface area contributed by atoms with Gasteiger partial charge in [-0.15, -0.1) is 0 Å². The second kappa shape index (κ2) is 7.04. The molecule has 1 aliphatic heterocycles. The minimum atomic E-state index is 0.00320. The molecule has 1 fully saturated rings. The first kappa shape index (κ1) is 14.5. The third kappa shape index (κ3) is 3.56. The second-order valence-corrected chi connectivity index (χ2v) is 4.70. The number of nitrogens with zero attached hydrogens (tertiary/aromatic N) is 2. The van der Waals surface area contributed by atoms with E-state index in [1.54, 1.807) is 25.6 Å². The van der Waals surface area contributed by atoms with Crippen molar-refractivity contribution in [1.29, 1.82) is 0 Å². The molecule has 0 aliphatic carbocycles. The second-order valence-electron chi connectivity index (χ2n) is 4.70. The minimum Gasteiger partial charge on any atom is -0.381 e. The van der Waals surface area contributed by atoms with Crippen molar-refractivity contribution in [2.75, 3.05) is 26.7 Å². The number of ether oxygens (including phenoxy) is 1. The Balaban J connectivity index is 2.06. The van der Waals surface area contributed by atoms with Crippen molar-refractivity contribution in [2.24, 2.45) is 5.73 Å². The van der Waals surface area contributed by atoms with Crippen LogP contribution in [0.1, 0.15) is 28.8 Å². The highest BCUT2D eigenvalue weighted by molar-refractivity contribution is 5.94. The molecule has 5 nitrogen and oxygen atoms in total. The van der Waals surface area contributed by atoms with Gasteiger partial charge >= 0.3 is 0 Å². The van der Waals surface area contributed by atoms with Crippen LogP contribution in [-0.2, 0) is 4.74 Å². The lowest BCUT2D eigenvalue weighted by Crippen LogP contribution is -2.40. The Labute approximate surface area is 119 Å². The molecule has 1 aromatic rings. The Morgan fingerprint density at radius 1 is 1.50 bits per heavy atom. The first-order chi connectivity index (χ1) is 9.74. The number of hydrogen-bond acceptors (Lipinski definition) is 4. The molecule has 0 saturated carbocycles. The molecule has 2 heterocycles. The molecule has 1 saturated heterocycles. The molecule has 0 spiro atoms. The highest BCUT2D eigenvalue weighted by Gasteiger charge is 2.23. The summed E-state index contributed by atoms with van der Waals surface area (Å²) in [5.74, 6) is 5.65. The fourth-order valence-electron chi connectivity index (χ4n) is 2.26. The van der Waals surface area contributed by atoms with Crippen LogP contribution in [0.3, 0.4) is 0 Å². The lowest BCUT2D eigenvalue weighted by atomic mass is 10.1. The maximum atomic E-state index is 12.4. The molecule has 1 amide bonds. The van der Waals surface area contributed by atoms with E-state index in [0.29, 0.717) is 17.7 Å². The van der Waals surface area contributed by atoms with Gasteiger partial charge in [0.2, 0.25) is 0 Å². The van der Waals surface area contributed by atoms with E-state index in [0.717, 1.165) is 25.9 Å². The predicted octanol–water partition coefficient (Wildman–Crippen LogP) is 0.643. The Bertz CT molecular complexity index is 525. The normalized spacial score (nSPS) is 15.6. The molecular formula is C15H19N3O2. The van der Waals surface area contributed by atoms with Crippen LogP contribution in [0.25, 0.3) is 0 Å². The lowest BCUT2D eigenvalue weighted by molar-refractivity contribution is 0.0350.